The van der Waals surface area contributed by atoms with Crippen molar-refractivity contribution < 1.29 is 9.47 Å². The van der Waals surface area contributed by atoms with Crippen molar-refractivity contribution in [2.45, 2.75) is 51.0 Å². The maximum atomic E-state index is 5.46. The molecule has 1 aliphatic carbocycles. The second-order valence-electron chi connectivity index (χ2n) is 5.41. The second kappa shape index (κ2) is 8.80. The molecule has 4 nitrogen and oxygen atoms in total. The third-order valence-corrected chi connectivity index (χ3v) is 3.75. The van der Waals surface area contributed by atoms with Crippen LogP contribution in [-0.2, 0) is 4.74 Å². The van der Waals surface area contributed by atoms with Gasteiger partial charge in [-0.25, -0.2) is 4.98 Å². The van der Waals surface area contributed by atoms with Crippen LogP contribution in [0.25, 0.3) is 0 Å². The molecule has 1 aromatic rings. The molecule has 1 heterocycles. The van der Waals surface area contributed by atoms with Gasteiger partial charge in [-0.2, -0.15) is 0 Å². The number of anilines is 1. The van der Waals surface area contributed by atoms with E-state index in [0.29, 0.717) is 25.1 Å². The van der Waals surface area contributed by atoms with E-state index in [-0.39, 0.29) is 0 Å². The molecule has 0 bridgehead atoms. The van der Waals surface area contributed by atoms with Gasteiger partial charge in [0.05, 0.1) is 18.5 Å². The standard InChI is InChI=1S/C16H26N2O2/c1-19-11-12-20-16-10-9-15(13-17-16)18-14-7-5-3-2-4-6-8-14/h9-10,13-14,18H,2-8,11-12H2,1H3. The quantitative estimate of drug-likeness (QED) is 0.807. The zero-order chi connectivity index (χ0) is 14.0. The molecule has 4 heteroatoms. The smallest absolute Gasteiger partial charge is 0.213 e. The summed E-state index contributed by atoms with van der Waals surface area (Å²) in [7, 11) is 1.67. The van der Waals surface area contributed by atoms with Crippen molar-refractivity contribution in [1.82, 2.24) is 4.98 Å². The molecule has 1 aromatic heterocycles. The van der Waals surface area contributed by atoms with Crippen LogP contribution < -0.4 is 10.1 Å². The number of nitrogens with one attached hydrogen (secondary N) is 1. The summed E-state index contributed by atoms with van der Waals surface area (Å²) in [5.41, 5.74) is 1.09. The van der Waals surface area contributed by atoms with Crippen LogP contribution in [0.4, 0.5) is 5.69 Å². The predicted octanol–water partition coefficient (Wildman–Crippen LogP) is 3.63. The van der Waals surface area contributed by atoms with E-state index in [0.717, 1.165) is 5.69 Å². The van der Waals surface area contributed by atoms with Gasteiger partial charge < -0.3 is 14.8 Å². The lowest BCUT2D eigenvalue weighted by Crippen LogP contribution is -2.20. The zero-order valence-electron chi connectivity index (χ0n) is 12.4. The monoisotopic (exact) mass is 278 g/mol. The summed E-state index contributed by atoms with van der Waals surface area (Å²) in [5.74, 6) is 0.658. The van der Waals surface area contributed by atoms with E-state index in [1.54, 1.807) is 7.11 Å². The van der Waals surface area contributed by atoms with Crippen LogP contribution >= 0.6 is 0 Å². The molecule has 1 N–H and O–H groups in total. The van der Waals surface area contributed by atoms with Gasteiger partial charge in [0.15, 0.2) is 0 Å². The average molecular weight is 278 g/mol. The molecule has 0 aromatic carbocycles. The molecule has 0 aliphatic heterocycles. The van der Waals surface area contributed by atoms with E-state index in [9.17, 15) is 0 Å². The highest BCUT2D eigenvalue weighted by Gasteiger charge is 2.11. The summed E-state index contributed by atoms with van der Waals surface area (Å²) in [4.78, 5) is 4.32. The molecule has 1 aliphatic rings. The first-order valence-electron chi connectivity index (χ1n) is 7.73. The van der Waals surface area contributed by atoms with Gasteiger partial charge in [-0.15, -0.1) is 0 Å². The fraction of sp³-hybridized carbons (Fsp3) is 0.688. The van der Waals surface area contributed by atoms with E-state index in [1.165, 1.54) is 44.9 Å². The number of aromatic nitrogens is 1. The predicted molar refractivity (Wildman–Crippen MR) is 81.3 cm³/mol. The summed E-state index contributed by atoms with van der Waals surface area (Å²) in [6.07, 6.45) is 11.2. The van der Waals surface area contributed by atoms with Gasteiger partial charge in [-0.05, 0) is 18.9 Å². The maximum absolute atomic E-state index is 5.46. The lowest BCUT2D eigenvalue weighted by molar-refractivity contribution is 0.144. The molecule has 20 heavy (non-hydrogen) atoms. The summed E-state index contributed by atoms with van der Waals surface area (Å²) < 4.78 is 10.4. The van der Waals surface area contributed by atoms with Crippen LogP contribution in [0, 0.1) is 0 Å². The fourth-order valence-electron chi connectivity index (χ4n) is 2.62. The highest BCUT2D eigenvalue weighted by Crippen LogP contribution is 2.21. The summed E-state index contributed by atoms with van der Waals surface area (Å²) in [6, 6.07) is 4.56. The van der Waals surface area contributed by atoms with Crippen molar-refractivity contribution >= 4 is 5.69 Å². The molecule has 2 rings (SSSR count). The Bertz CT molecular complexity index is 359. The number of ether oxygens (including phenoxy) is 2. The SMILES string of the molecule is COCCOc1ccc(NC2CCCCCCC2)cn1. The van der Waals surface area contributed by atoms with Crippen molar-refractivity contribution in [3.8, 4) is 5.88 Å². The number of nitrogens with zero attached hydrogens (tertiary/aromatic N) is 1. The average Bonchev–Trinajstić information content (AvgIpc) is 2.44. The summed E-state index contributed by atoms with van der Waals surface area (Å²) >= 11 is 0. The van der Waals surface area contributed by atoms with Crippen LogP contribution in [0.2, 0.25) is 0 Å². The third kappa shape index (κ3) is 5.37. The van der Waals surface area contributed by atoms with Gasteiger partial charge in [0, 0.05) is 19.2 Å². The molecular formula is C16H26N2O2. The Hall–Kier alpha value is -1.29. The molecule has 1 saturated carbocycles. The second-order valence-corrected chi connectivity index (χ2v) is 5.41. The molecular weight excluding hydrogens is 252 g/mol. The van der Waals surface area contributed by atoms with Crippen molar-refractivity contribution in [2.75, 3.05) is 25.6 Å². The molecule has 1 fully saturated rings. The van der Waals surface area contributed by atoms with Crippen molar-refractivity contribution in [3.05, 3.63) is 18.3 Å². The molecule has 0 spiro atoms. The molecule has 0 radical (unpaired) electrons. The third-order valence-electron chi connectivity index (χ3n) is 3.75. The number of rotatable bonds is 6. The van der Waals surface area contributed by atoms with Crippen molar-refractivity contribution in [3.63, 3.8) is 0 Å². The lowest BCUT2D eigenvalue weighted by atomic mass is 9.96. The Balaban J connectivity index is 1.79. The first-order valence-corrected chi connectivity index (χ1v) is 7.73. The summed E-state index contributed by atoms with van der Waals surface area (Å²) in [6.45, 7) is 1.13. The van der Waals surface area contributed by atoms with Gasteiger partial charge in [-0.3, -0.25) is 0 Å². The molecule has 0 unspecified atom stereocenters. The summed E-state index contributed by atoms with van der Waals surface area (Å²) in [5, 5.41) is 3.60. The van der Waals surface area contributed by atoms with Crippen LogP contribution in [0.1, 0.15) is 44.9 Å². The Morgan fingerprint density at radius 3 is 2.50 bits per heavy atom. The maximum Gasteiger partial charge on any atom is 0.213 e. The van der Waals surface area contributed by atoms with Gasteiger partial charge in [0.1, 0.15) is 6.61 Å². The minimum absolute atomic E-state index is 0.541. The number of hydrogen-bond acceptors (Lipinski definition) is 4. The van der Waals surface area contributed by atoms with E-state index < -0.39 is 0 Å². The van der Waals surface area contributed by atoms with Gasteiger partial charge in [0.25, 0.3) is 0 Å². The van der Waals surface area contributed by atoms with Crippen LogP contribution in [0.3, 0.4) is 0 Å². The number of methoxy groups -OCH3 is 1. The normalized spacial score (nSPS) is 17.2. The van der Waals surface area contributed by atoms with Crippen LogP contribution in [0.5, 0.6) is 5.88 Å². The van der Waals surface area contributed by atoms with E-state index >= 15 is 0 Å². The van der Waals surface area contributed by atoms with Gasteiger partial charge >= 0.3 is 0 Å². The van der Waals surface area contributed by atoms with Gasteiger partial charge in [-0.1, -0.05) is 32.1 Å². The first-order chi connectivity index (χ1) is 9.88. The van der Waals surface area contributed by atoms with Crippen LogP contribution in [0.15, 0.2) is 18.3 Å². The highest BCUT2D eigenvalue weighted by atomic mass is 16.5. The highest BCUT2D eigenvalue weighted by molar-refractivity contribution is 5.42. The Morgan fingerprint density at radius 1 is 1.10 bits per heavy atom. The van der Waals surface area contributed by atoms with E-state index in [1.807, 2.05) is 18.3 Å². The molecule has 112 valence electrons. The fourth-order valence-corrected chi connectivity index (χ4v) is 2.62. The molecule has 0 saturated heterocycles. The van der Waals surface area contributed by atoms with Crippen molar-refractivity contribution in [1.29, 1.82) is 0 Å². The minimum atomic E-state index is 0.541. The van der Waals surface area contributed by atoms with Crippen LogP contribution in [-0.4, -0.2) is 31.3 Å². The van der Waals surface area contributed by atoms with E-state index in [2.05, 4.69) is 10.3 Å². The zero-order valence-corrected chi connectivity index (χ0v) is 12.4. The number of pyridine rings is 1. The Labute approximate surface area is 121 Å². The lowest BCUT2D eigenvalue weighted by Gasteiger charge is -2.22. The van der Waals surface area contributed by atoms with Gasteiger partial charge in [0.2, 0.25) is 5.88 Å². The minimum Gasteiger partial charge on any atom is -0.475 e. The number of hydrogen-bond donors (Lipinski definition) is 1. The first kappa shape index (κ1) is 15.1. The van der Waals surface area contributed by atoms with Crippen molar-refractivity contribution in [2.24, 2.45) is 0 Å². The molecule has 0 amide bonds. The Kier molecular flexibility index (Phi) is 6.64. The van der Waals surface area contributed by atoms with E-state index in [4.69, 9.17) is 9.47 Å². The largest absolute Gasteiger partial charge is 0.475 e. The topological polar surface area (TPSA) is 43.4 Å². The Morgan fingerprint density at radius 2 is 1.85 bits per heavy atom. The molecule has 0 atom stereocenters.